The molecule has 0 aromatic heterocycles. The number of rotatable bonds is 3. The van der Waals surface area contributed by atoms with E-state index in [-0.39, 0.29) is 0 Å². The average Bonchev–Trinajstić information content (AvgIpc) is 2.87. The van der Waals surface area contributed by atoms with E-state index < -0.39 is 23.0 Å². The van der Waals surface area contributed by atoms with Gasteiger partial charge in [0.25, 0.3) is 0 Å². The first-order chi connectivity index (χ1) is 10.1. The quantitative estimate of drug-likeness (QED) is 0.855. The summed E-state index contributed by atoms with van der Waals surface area (Å²) < 4.78 is 14.3. The van der Waals surface area contributed by atoms with Gasteiger partial charge in [0.2, 0.25) is 0 Å². The molecule has 1 aliphatic heterocycles. The molecule has 0 aliphatic carbocycles. The first-order valence-electron chi connectivity index (χ1n) is 6.39. The fraction of sp³-hybridized carbons (Fsp3) is 0.133. The molecule has 2 aromatic carbocycles. The van der Waals surface area contributed by atoms with Crippen molar-refractivity contribution >= 4 is 35.3 Å². The summed E-state index contributed by atoms with van der Waals surface area (Å²) in [6, 6.07) is 13.5. The van der Waals surface area contributed by atoms with Crippen LogP contribution in [0.1, 0.15) is 5.56 Å². The molecule has 0 radical (unpaired) electrons. The van der Waals surface area contributed by atoms with Crippen LogP contribution in [0.25, 0.3) is 0 Å². The molecule has 4 nitrogen and oxygen atoms in total. The molecule has 1 unspecified atom stereocenters. The van der Waals surface area contributed by atoms with Gasteiger partial charge in [0, 0.05) is 11.3 Å². The summed E-state index contributed by atoms with van der Waals surface area (Å²) in [5.74, 6) is -0.967. The van der Waals surface area contributed by atoms with Gasteiger partial charge < -0.3 is 5.11 Å². The third kappa shape index (κ3) is 2.56. The summed E-state index contributed by atoms with van der Waals surface area (Å²) >= 11 is 4.20. The molecule has 0 amide bonds. The number of aliphatic carboxylic acids is 1. The van der Waals surface area contributed by atoms with Crippen LogP contribution in [-0.4, -0.2) is 21.3 Å². The Hall–Kier alpha value is -1.79. The Morgan fingerprint density at radius 3 is 2.52 bits per heavy atom. The van der Waals surface area contributed by atoms with Gasteiger partial charge in [-0.1, -0.05) is 18.2 Å². The topological polar surface area (TPSA) is 57.6 Å². The molecular weight excluding hydrogens is 306 g/mol. The number of anilines is 1. The van der Waals surface area contributed by atoms with Crippen LogP contribution >= 0.6 is 12.6 Å². The van der Waals surface area contributed by atoms with E-state index in [1.165, 1.54) is 4.31 Å². The lowest BCUT2D eigenvalue weighted by Crippen LogP contribution is -2.39. The molecule has 2 aromatic rings. The smallest absolute Gasteiger partial charge is 0.327 e. The number of carboxylic acid groups (broad SMARTS) is 1. The second-order valence-electron chi connectivity index (χ2n) is 4.76. The van der Waals surface area contributed by atoms with Crippen molar-refractivity contribution in [3.63, 3.8) is 0 Å². The molecule has 3 rings (SSSR count). The Labute approximate surface area is 130 Å². The van der Waals surface area contributed by atoms with Crippen LogP contribution in [0.3, 0.4) is 0 Å². The van der Waals surface area contributed by atoms with Gasteiger partial charge in [-0.05, 0) is 35.9 Å². The largest absolute Gasteiger partial charge is 0.480 e. The lowest BCUT2D eigenvalue weighted by Gasteiger charge is -2.23. The maximum Gasteiger partial charge on any atom is 0.327 e. The summed E-state index contributed by atoms with van der Waals surface area (Å²) in [5.41, 5.74) is 1.63. The zero-order valence-electron chi connectivity index (χ0n) is 11.0. The van der Waals surface area contributed by atoms with E-state index in [0.29, 0.717) is 11.3 Å². The Morgan fingerprint density at radius 1 is 1.19 bits per heavy atom. The van der Waals surface area contributed by atoms with E-state index in [1.54, 1.807) is 24.3 Å². The van der Waals surface area contributed by atoms with Gasteiger partial charge in [0.1, 0.15) is 6.04 Å². The van der Waals surface area contributed by atoms with Gasteiger partial charge in [-0.25, -0.2) is 9.00 Å². The SMILES string of the molecule is O=C(O)[C@H]1Cc2ccccc2N1S(=O)c1ccc(S)cc1. The highest BCUT2D eigenvalue weighted by molar-refractivity contribution is 7.86. The third-order valence-electron chi connectivity index (χ3n) is 3.43. The highest BCUT2D eigenvalue weighted by Crippen LogP contribution is 2.35. The zero-order chi connectivity index (χ0) is 15.0. The fourth-order valence-corrected chi connectivity index (χ4v) is 3.92. The van der Waals surface area contributed by atoms with Crippen molar-refractivity contribution in [2.75, 3.05) is 4.31 Å². The molecule has 1 heterocycles. The maximum absolute atomic E-state index is 12.8. The van der Waals surface area contributed by atoms with Crippen LogP contribution in [0.4, 0.5) is 5.69 Å². The van der Waals surface area contributed by atoms with E-state index >= 15 is 0 Å². The molecular formula is C15H13NO3S2. The van der Waals surface area contributed by atoms with Gasteiger partial charge in [-0.2, -0.15) is 0 Å². The van der Waals surface area contributed by atoms with Crippen molar-refractivity contribution in [1.29, 1.82) is 0 Å². The van der Waals surface area contributed by atoms with Gasteiger partial charge in [-0.3, -0.25) is 4.31 Å². The molecule has 0 saturated heterocycles. The molecule has 2 atom stereocenters. The first kappa shape index (κ1) is 14.2. The van der Waals surface area contributed by atoms with E-state index in [1.807, 2.05) is 24.3 Å². The molecule has 1 aliphatic rings. The first-order valence-corrected chi connectivity index (χ1v) is 7.94. The highest BCUT2D eigenvalue weighted by Gasteiger charge is 2.38. The second kappa shape index (κ2) is 5.54. The number of thiol groups is 1. The molecule has 0 spiro atoms. The van der Waals surface area contributed by atoms with Crippen LogP contribution in [-0.2, 0) is 22.2 Å². The van der Waals surface area contributed by atoms with E-state index in [0.717, 1.165) is 16.1 Å². The predicted molar refractivity (Wildman–Crippen MR) is 84.2 cm³/mol. The highest BCUT2D eigenvalue weighted by atomic mass is 32.2. The van der Waals surface area contributed by atoms with Crippen molar-refractivity contribution in [3.8, 4) is 0 Å². The van der Waals surface area contributed by atoms with E-state index in [2.05, 4.69) is 12.6 Å². The van der Waals surface area contributed by atoms with Gasteiger partial charge >= 0.3 is 5.97 Å². The summed E-state index contributed by atoms with van der Waals surface area (Å²) in [4.78, 5) is 12.8. The zero-order valence-corrected chi connectivity index (χ0v) is 12.7. The Morgan fingerprint density at radius 2 is 1.86 bits per heavy atom. The van der Waals surface area contributed by atoms with Crippen LogP contribution in [0.2, 0.25) is 0 Å². The standard InChI is InChI=1S/C15H13NO3S2/c17-15(18)14-9-10-3-1-2-4-13(10)16(14)21(19)12-7-5-11(20)6-8-12/h1-8,14,20H,9H2,(H,17,18)/t14-,21?/m1/s1. The molecule has 0 fully saturated rings. The summed E-state index contributed by atoms with van der Waals surface area (Å²) in [7, 11) is -1.56. The van der Waals surface area contributed by atoms with E-state index in [4.69, 9.17) is 0 Å². The summed E-state index contributed by atoms with van der Waals surface area (Å²) in [6.07, 6.45) is 0.363. The van der Waals surface area contributed by atoms with Gasteiger partial charge in [-0.15, -0.1) is 12.6 Å². The Balaban J connectivity index is 2.03. The number of para-hydroxylation sites is 1. The van der Waals surface area contributed by atoms with Crippen LogP contribution in [0, 0.1) is 0 Å². The van der Waals surface area contributed by atoms with E-state index in [9.17, 15) is 14.1 Å². The summed E-state index contributed by atoms with van der Waals surface area (Å²) in [5, 5.41) is 9.41. The minimum atomic E-state index is -1.56. The van der Waals surface area contributed by atoms with Crippen molar-refractivity contribution in [1.82, 2.24) is 0 Å². The average molecular weight is 319 g/mol. The molecule has 6 heteroatoms. The number of nitrogens with zero attached hydrogens (tertiary/aromatic N) is 1. The predicted octanol–water partition coefficient (Wildman–Crippen LogP) is 2.51. The van der Waals surface area contributed by atoms with Gasteiger partial charge in [0.15, 0.2) is 11.0 Å². The number of fused-ring (bicyclic) bond motifs is 1. The monoisotopic (exact) mass is 319 g/mol. The number of benzene rings is 2. The van der Waals surface area contributed by atoms with Crippen LogP contribution in [0.15, 0.2) is 58.3 Å². The number of carboxylic acids is 1. The lowest BCUT2D eigenvalue weighted by atomic mass is 10.1. The normalized spacial score (nSPS) is 18.3. The molecule has 1 N–H and O–H groups in total. The minimum Gasteiger partial charge on any atom is -0.480 e. The number of hydrogen-bond acceptors (Lipinski definition) is 3. The molecule has 21 heavy (non-hydrogen) atoms. The summed E-state index contributed by atoms with van der Waals surface area (Å²) in [6.45, 7) is 0. The van der Waals surface area contributed by atoms with Crippen LogP contribution < -0.4 is 4.31 Å². The molecule has 0 saturated carbocycles. The van der Waals surface area contributed by atoms with Gasteiger partial charge in [0.05, 0.1) is 10.6 Å². The number of hydrogen-bond donors (Lipinski definition) is 2. The van der Waals surface area contributed by atoms with Crippen molar-refractivity contribution in [2.45, 2.75) is 22.3 Å². The Bertz CT molecular complexity index is 715. The molecule has 108 valence electrons. The second-order valence-corrected chi connectivity index (χ2v) is 6.64. The van der Waals surface area contributed by atoms with Crippen molar-refractivity contribution in [2.24, 2.45) is 0 Å². The fourth-order valence-electron chi connectivity index (χ4n) is 2.43. The minimum absolute atomic E-state index is 0.363. The Kier molecular flexibility index (Phi) is 3.73. The third-order valence-corrected chi connectivity index (χ3v) is 5.21. The van der Waals surface area contributed by atoms with Crippen molar-refractivity contribution < 1.29 is 14.1 Å². The van der Waals surface area contributed by atoms with Crippen LogP contribution in [0.5, 0.6) is 0 Å². The molecule has 0 bridgehead atoms. The maximum atomic E-state index is 12.8. The lowest BCUT2D eigenvalue weighted by molar-refractivity contribution is -0.138. The number of carbonyl (C=O) groups is 1. The van der Waals surface area contributed by atoms with Crippen molar-refractivity contribution in [3.05, 3.63) is 54.1 Å².